The maximum atomic E-state index is 12.2. The Bertz CT molecular complexity index is 718. The SMILES string of the molecule is Cn1nc(C(=O)NCC2CCCC2)cc1NC(=O)c1ccccc1. The van der Waals surface area contributed by atoms with Crippen molar-refractivity contribution >= 4 is 17.6 Å². The summed E-state index contributed by atoms with van der Waals surface area (Å²) in [6.45, 7) is 0.696. The molecule has 2 amide bonds. The van der Waals surface area contributed by atoms with Gasteiger partial charge in [-0.25, -0.2) is 0 Å². The molecule has 1 saturated carbocycles. The Hall–Kier alpha value is -2.63. The largest absolute Gasteiger partial charge is 0.350 e. The van der Waals surface area contributed by atoms with Gasteiger partial charge >= 0.3 is 0 Å². The molecule has 1 fully saturated rings. The van der Waals surface area contributed by atoms with Gasteiger partial charge in [0.25, 0.3) is 11.8 Å². The molecule has 0 spiro atoms. The van der Waals surface area contributed by atoms with Crippen LogP contribution in [-0.2, 0) is 7.05 Å². The molecule has 1 aliphatic carbocycles. The number of nitrogens with zero attached hydrogens (tertiary/aromatic N) is 2. The molecule has 0 atom stereocenters. The number of anilines is 1. The third-order valence-electron chi connectivity index (χ3n) is 4.42. The first-order chi connectivity index (χ1) is 11.6. The molecular weight excluding hydrogens is 304 g/mol. The van der Waals surface area contributed by atoms with Gasteiger partial charge in [-0.05, 0) is 30.9 Å². The number of aryl methyl sites for hydroxylation is 1. The minimum atomic E-state index is -0.225. The van der Waals surface area contributed by atoms with Gasteiger partial charge in [0.2, 0.25) is 0 Å². The van der Waals surface area contributed by atoms with Crippen molar-refractivity contribution in [2.75, 3.05) is 11.9 Å². The van der Waals surface area contributed by atoms with Crippen LogP contribution in [0.1, 0.15) is 46.5 Å². The molecular formula is C18H22N4O2. The van der Waals surface area contributed by atoms with Crippen LogP contribution < -0.4 is 10.6 Å². The highest BCUT2D eigenvalue weighted by molar-refractivity contribution is 6.04. The van der Waals surface area contributed by atoms with Gasteiger partial charge in [-0.3, -0.25) is 14.3 Å². The predicted molar refractivity (Wildman–Crippen MR) is 91.9 cm³/mol. The highest BCUT2D eigenvalue weighted by Crippen LogP contribution is 2.23. The fourth-order valence-electron chi connectivity index (χ4n) is 3.02. The van der Waals surface area contributed by atoms with Gasteiger partial charge in [-0.2, -0.15) is 5.10 Å². The second kappa shape index (κ2) is 7.29. The number of amides is 2. The number of rotatable bonds is 5. The van der Waals surface area contributed by atoms with Crippen LogP contribution in [0.2, 0.25) is 0 Å². The topological polar surface area (TPSA) is 76.0 Å². The van der Waals surface area contributed by atoms with Crippen molar-refractivity contribution in [2.45, 2.75) is 25.7 Å². The molecule has 0 saturated heterocycles. The summed E-state index contributed by atoms with van der Waals surface area (Å²) >= 11 is 0. The van der Waals surface area contributed by atoms with E-state index in [1.807, 2.05) is 6.07 Å². The summed E-state index contributed by atoms with van der Waals surface area (Å²) in [6, 6.07) is 10.5. The van der Waals surface area contributed by atoms with Crippen LogP contribution in [-0.4, -0.2) is 28.1 Å². The van der Waals surface area contributed by atoms with Gasteiger partial charge in [0, 0.05) is 25.2 Å². The Labute approximate surface area is 141 Å². The van der Waals surface area contributed by atoms with Crippen LogP contribution in [0.15, 0.2) is 36.4 Å². The smallest absolute Gasteiger partial charge is 0.271 e. The van der Waals surface area contributed by atoms with E-state index in [-0.39, 0.29) is 11.8 Å². The molecule has 6 nitrogen and oxygen atoms in total. The molecule has 3 rings (SSSR count). The molecule has 2 N–H and O–H groups in total. The molecule has 0 radical (unpaired) electrons. The van der Waals surface area contributed by atoms with Crippen molar-refractivity contribution in [1.29, 1.82) is 0 Å². The predicted octanol–water partition coefficient (Wildman–Crippen LogP) is 2.59. The fourth-order valence-corrected chi connectivity index (χ4v) is 3.02. The lowest BCUT2D eigenvalue weighted by Gasteiger charge is -2.08. The molecule has 1 aromatic heterocycles. The Morgan fingerprint density at radius 1 is 1.17 bits per heavy atom. The Kier molecular flexibility index (Phi) is 4.93. The molecule has 6 heteroatoms. The summed E-state index contributed by atoms with van der Waals surface area (Å²) in [7, 11) is 1.70. The molecule has 1 aromatic carbocycles. The standard InChI is InChI=1S/C18H22N4O2/c1-22-16(20-17(23)14-9-3-2-4-10-14)11-15(21-22)18(24)19-12-13-7-5-6-8-13/h2-4,9-11,13H,5-8,12H2,1H3,(H,19,24)(H,20,23). The van der Waals surface area contributed by atoms with E-state index < -0.39 is 0 Å². The van der Waals surface area contributed by atoms with E-state index in [0.717, 1.165) is 0 Å². The van der Waals surface area contributed by atoms with Gasteiger partial charge in [0.15, 0.2) is 5.69 Å². The maximum Gasteiger partial charge on any atom is 0.271 e. The lowest BCUT2D eigenvalue weighted by atomic mass is 10.1. The van der Waals surface area contributed by atoms with Crippen molar-refractivity contribution in [3.8, 4) is 0 Å². The number of aromatic nitrogens is 2. The zero-order valence-electron chi connectivity index (χ0n) is 13.8. The Balaban J connectivity index is 1.61. The normalized spacial score (nSPS) is 14.5. The third-order valence-corrected chi connectivity index (χ3v) is 4.42. The van der Waals surface area contributed by atoms with Gasteiger partial charge in [-0.15, -0.1) is 0 Å². The van der Waals surface area contributed by atoms with Crippen LogP contribution in [0.5, 0.6) is 0 Å². The van der Waals surface area contributed by atoms with Crippen molar-refractivity contribution in [3.63, 3.8) is 0 Å². The number of hydrogen-bond acceptors (Lipinski definition) is 3. The van der Waals surface area contributed by atoms with Crippen LogP contribution in [0.4, 0.5) is 5.82 Å². The fraction of sp³-hybridized carbons (Fsp3) is 0.389. The summed E-state index contributed by atoms with van der Waals surface area (Å²) in [5.41, 5.74) is 0.879. The first kappa shape index (κ1) is 16.2. The van der Waals surface area contributed by atoms with Gasteiger partial charge in [0.1, 0.15) is 5.82 Å². The molecule has 1 heterocycles. The zero-order chi connectivity index (χ0) is 16.9. The number of benzene rings is 1. The summed E-state index contributed by atoms with van der Waals surface area (Å²) in [5.74, 6) is 0.652. The van der Waals surface area contributed by atoms with E-state index in [0.29, 0.717) is 29.5 Å². The van der Waals surface area contributed by atoms with Crippen molar-refractivity contribution < 1.29 is 9.59 Å². The first-order valence-corrected chi connectivity index (χ1v) is 8.32. The number of nitrogens with one attached hydrogen (secondary N) is 2. The van der Waals surface area contributed by atoms with Crippen molar-refractivity contribution in [1.82, 2.24) is 15.1 Å². The average molecular weight is 326 g/mol. The summed E-state index contributed by atoms with van der Waals surface area (Å²) in [4.78, 5) is 24.4. The molecule has 0 unspecified atom stereocenters. The molecule has 2 aromatic rings. The van der Waals surface area contributed by atoms with Gasteiger partial charge in [0.05, 0.1) is 0 Å². The van der Waals surface area contributed by atoms with Crippen molar-refractivity contribution in [3.05, 3.63) is 47.7 Å². The third kappa shape index (κ3) is 3.82. The summed E-state index contributed by atoms with van der Waals surface area (Å²) in [5, 5.41) is 9.91. The van der Waals surface area contributed by atoms with Crippen molar-refractivity contribution in [2.24, 2.45) is 13.0 Å². The van der Waals surface area contributed by atoms with Crippen LogP contribution >= 0.6 is 0 Å². The second-order valence-corrected chi connectivity index (χ2v) is 6.22. The lowest BCUT2D eigenvalue weighted by Crippen LogP contribution is -2.28. The molecule has 0 bridgehead atoms. The van der Waals surface area contributed by atoms with E-state index >= 15 is 0 Å². The zero-order valence-corrected chi connectivity index (χ0v) is 13.8. The van der Waals surface area contributed by atoms with Crippen LogP contribution in [0.25, 0.3) is 0 Å². The number of carbonyl (C=O) groups excluding carboxylic acids is 2. The van der Waals surface area contributed by atoms with E-state index in [1.165, 1.54) is 30.4 Å². The Morgan fingerprint density at radius 3 is 2.58 bits per heavy atom. The highest BCUT2D eigenvalue weighted by Gasteiger charge is 2.18. The van der Waals surface area contributed by atoms with Crippen LogP contribution in [0, 0.1) is 5.92 Å². The molecule has 126 valence electrons. The van der Waals surface area contributed by atoms with E-state index in [9.17, 15) is 9.59 Å². The first-order valence-electron chi connectivity index (χ1n) is 8.32. The van der Waals surface area contributed by atoms with Crippen LogP contribution in [0.3, 0.4) is 0 Å². The lowest BCUT2D eigenvalue weighted by molar-refractivity contribution is 0.0941. The minimum Gasteiger partial charge on any atom is -0.350 e. The summed E-state index contributed by atoms with van der Waals surface area (Å²) < 4.78 is 1.51. The molecule has 1 aliphatic rings. The molecule has 0 aliphatic heterocycles. The minimum absolute atomic E-state index is 0.197. The quantitative estimate of drug-likeness (QED) is 0.887. The summed E-state index contributed by atoms with van der Waals surface area (Å²) in [6.07, 6.45) is 4.86. The highest BCUT2D eigenvalue weighted by atomic mass is 16.2. The van der Waals surface area contributed by atoms with E-state index in [4.69, 9.17) is 0 Å². The van der Waals surface area contributed by atoms with E-state index in [1.54, 1.807) is 37.4 Å². The maximum absolute atomic E-state index is 12.2. The number of hydrogen-bond donors (Lipinski definition) is 2. The van der Waals surface area contributed by atoms with Gasteiger partial charge in [-0.1, -0.05) is 31.0 Å². The van der Waals surface area contributed by atoms with E-state index in [2.05, 4.69) is 15.7 Å². The average Bonchev–Trinajstić information content (AvgIpc) is 3.24. The Morgan fingerprint density at radius 2 is 1.88 bits per heavy atom. The van der Waals surface area contributed by atoms with Gasteiger partial charge < -0.3 is 10.6 Å². The molecule has 24 heavy (non-hydrogen) atoms. The monoisotopic (exact) mass is 326 g/mol. The number of carbonyl (C=O) groups is 2. The second-order valence-electron chi connectivity index (χ2n) is 6.22.